The molecule has 0 atom stereocenters. The Morgan fingerprint density at radius 2 is 2.11 bits per heavy atom. The van der Waals surface area contributed by atoms with Gasteiger partial charge < -0.3 is 14.2 Å². The second kappa shape index (κ2) is 4.37. The lowest BCUT2D eigenvalue weighted by atomic mass is 9.94. The third-order valence-corrected chi connectivity index (χ3v) is 2.77. The van der Waals surface area contributed by atoms with Crippen LogP contribution in [0.2, 0.25) is 0 Å². The van der Waals surface area contributed by atoms with E-state index in [-0.39, 0.29) is 6.09 Å². The molecule has 0 saturated heterocycles. The summed E-state index contributed by atoms with van der Waals surface area (Å²) in [5.41, 5.74) is 1.57. The number of rotatable bonds is 0. The molecule has 0 N–H and O–H groups in total. The fourth-order valence-corrected chi connectivity index (χ4v) is 1.95. The number of aromatic nitrogens is 2. The van der Waals surface area contributed by atoms with E-state index in [0.29, 0.717) is 25.1 Å². The molecule has 1 aliphatic heterocycles. The summed E-state index contributed by atoms with van der Waals surface area (Å²) >= 11 is 0. The highest BCUT2D eigenvalue weighted by atomic mass is 16.6. The van der Waals surface area contributed by atoms with Crippen molar-refractivity contribution in [2.24, 2.45) is 0 Å². The first kappa shape index (κ1) is 13.1. The Balaban J connectivity index is 2.12. The minimum atomic E-state index is -0.499. The molecule has 5 nitrogen and oxygen atoms in total. The van der Waals surface area contributed by atoms with Crippen LogP contribution in [-0.2, 0) is 17.7 Å². The van der Waals surface area contributed by atoms with E-state index in [4.69, 9.17) is 20.6 Å². The molecule has 0 bridgehead atoms. The van der Waals surface area contributed by atoms with Gasteiger partial charge in [-0.15, -0.1) is 0 Å². The van der Waals surface area contributed by atoms with Crippen LogP contribution in [0.4, 0.5) is 4.79 Å². The van der Waals surface area contributed by atoms with Gasteiger partial charge in [-0.2, -0.15) is 0 Å². The first-order chi connectivity index (χ1) is 8.28. The lowest BCUT2D eigenvalue weighted by molar-refractivity contribution is 0.0224. The Labute approximate surface area is 109 Å². The average Bonchev–Trinajstić information content (AvgIpc) is 2.52. The van der Waals surface area contributed by atoms with Crippen molar-refractivity contribution in [1.82, 2.24) is 14.6 Å². The summed E-state index contributed by atoms with van der Waals surface area (Å²) in [6.45, 7) is 6.48. The van der Waals surface area contributed by atoms with E-state index in [1.165, 1.54) is 4.59 Å². The molecule has 92 valence electrons. The minimum absolute atomic E-state index is 0.336. The van der Waals surface area contributed by atoms with Crippen LogP contribution in [0, 0.1) is 0 Å². The zero-order valence-corrected chi connectivity index (χ0v) is 10.9. The van der Waals surface area contributed by atoms with Crippen LogP contribution in [0.5, 0.6) is 0 Å². The van der Waals surface area contributed by atoms with Crippen LogP contribution in [0.15, 0.2) is 0 Å². The molecule has 18 heavy (non-hydrogen) atoms. The van der Waals surface area contributed by atoms with Gasteiger partial charge in [0.25, 0.3) is 7.98 Å². The Hall–Kier alpha value is -1.39. The molecule has 0 fully saturated rings. The number of ether oxygens (including phenoxy) is 1. The number of carbonyl (C=O) groups excluding carboxylic acids is 1. The van der Waals surface area contributed by atoms with Gasteiger partial charge in [-0.05, 0) is 20.8 Å². The van der Waals surface area contributed by atoms with E-state index in [1.54, 1.807) is 4.90 Å². The van der Waals surface area contributed by atoms with Crippen LogP contribution in [0.25, 0.3) is 0 Å². The summed E-state index contributed by atoms with van der Waals surface area (Å²) in [6.07, 6.45) is 0.298. The summed E-state index contributed by atoms with van der Waals surface area (Å²) in [7, 11) is 11.4. The Bertz CT molecular complexity index is 479. The lowest BCUT2D eigenvalue weighted by Gasteiger charge is -2.30. The van der Waals surface area contributed by atoms with Crippen molar-refractivity contribution in [3.63, 3.8) is 0 Å². The van der Waals surface area contributed by atoms with Crippen molar-refractivity contribution >= 4 is 27.5 Å². The topological polar surface area (TPSA) is 47.4 Å². The van der Waals surface area contributed by atoms with Gasteiger partial charge in [0.15, 0.2) is 0 Å². The van der Waals surface area contributed by atoms with E-state index in [2.05, 4.69) is 5.10 Å². The molecular weight excluding hydrogens is 228 g/mol. The molecule has 0 aliphatic carbocycles. The fourth-order valence-electron chi connectivity index (χ4n) is 1.95. The third kappa shape index (κ3) is 2.54. The molecule has 1 amide bonds. The highest BCUT2D eigenvalue weighted by Gasteiger charge is 2.28. The van der Waals surface area contributed by atoms with Crippen LogP contribution in [0.3, 0.4) is 0 Å². The number of nitrogens with zero attached hydrogens (tertiary/aromatic N) is 3. The molecular formula is C11H15B2N3O2. The van der Waals surface area contributed by atoms with E-state index >= 15 is 0 Å². The average molecular weight is 243 g/mol. The maximum absolute atomic E-state index is 11.9. The van der Waals surface area contributed by atoms with Gasteiger partial charge in [-0.1, -0.05) is 0 Å². The summed E-state index contributed by atoms with van der Waals surface area (Å²) in [5, 5.41) is 3.95. The minimum Gasteiger partial charge on any atom is -0.444 e. The highest BCUT2D eigenvalue weighted by molar-refractivity contribution is 6.32. The van der Waals surface area contributed by atoms with Gasteiger partial charge >= 0.3 is 6.09 Å². The molecule has 2 rings (SSSR count). The molecule has 1 aromatic heterocycles. The van der Waals surface area contributed by atoms with E-state index in [1.807, 2.05) is 20.8 Å². The Morgan fingerprint density at radius 3 is 2.72 bits per heavy atom. The predicted octanol–water partition coefficient (Wildman–Crippen LogP) is -0.0983. The highest BCUT2D eigenvalue weighted by Crippen LogP contribution is 2.18. The van der Waals surface area contributed by atoms with Crippen molar-refractivity contribution in [3.8, 4) is 0 Å². The van der Waals surface area contributed by atoms with Crippen LogP contribution >= 0.6 is 0 Å². The van der Waals surface area contributed by atoms with Gasteiger partial charge in [0, 0.05) is 29.8 Å². The lowest BCUT2D eigenvalue weighted by Crippen LogP contribution is -2.41. The van der Waals surface area contributed by atoms with Crippen molar-refractivity contribution in [3.05, 3.63) is 11.3 Å². The molecule has 0 unspecified atom stereocenters. The number of hydrogen-bond acceptors (Lipinski definition) is 3. The molecule has 0 saturated carbocycles. The predicted molar refractivity (Wildman–Crippen MR) is 69.1 cm³/mol. The van der Waals surface area contributed by atoms with Crippen LogP contribution in [0.1, 0.15) is 32.0 Å². The SMILES string of the molecule is [B]c1nn([B])c2c1CN(C(=O)OC(C)(C)C)CC2. The second-order valence-electron chi connectivity index (χ2n) is 5.41. The monoisotopic (exact) mass is 243 g/mol. The zero-order valence-electron chi connectivity index (χ0n) is 10.9. The Morgan fingerprint density at radius 1 is 1.44 bits per heavy atom. The molecule has 2 heterocycles. The fraction of sp³-hybridized carbons (Fsp3) is 0.636. The van der Waals surface area contributed by atoms with Crippen LogP contribution in [-0.4, -0.2) is 48.7 Å². The summed E-state index contributed by atoms with van der Waals surface area (Å²) in [5.74, 6) is 0. The van der Waals surface area contributed by atoms with Crippen molar-refractivity contribution < 1.29 is 9.53 Å². The van der Waals surface area contributed by atoms with Gasteiger partial charge in [0.2, 0.25) is 0 Å². The standard InChI is InChI=1S/C11H15B2N3O2/c1-11(2,3)18-10(17)15-5-4-8-7(6-15)9(12)14-16(8)13/h4-6H2,1-3H3. The summed E-state index contributed by atoms with van der Waals surface area (Å²) in [6, 6.07) is 0. The number of amides is 1. The number of fused-ring (bicyclic) bond motifs is 1. The third-order valence-electron chi connectivity index (χ3n) is 2.77. The van der Waals surface area contributed by atoms with E-state index in [0.717, 1.165) is 11.3 Å². The van der Waals surface area contributed by atoms with Crippen molar-refractivity contribution in [2.45, 2.75) is 39.3 Å². The smallest absolute Gasteiger partial charge is 0.410 e. The van der Waals surface area contributed by atoms with Crippen LogP contribution < -0.4 is 5.59 Å². The summed E-state index contributed by atoms with van der Waals surface area (Å²) in [4.78, 5) is 13.6. The second-order valence-corrected chi connectivity index (χ2v) is 5.41. The first-order valence-corrected chi connectivity index (χ1v) is 5.87. The van der Waals surface area contributed by atoms with Gasteiger partial charge in [-0.25, -0.2) is 9.89 Å². The number of carbonyl (C=O) groups is 1. The molecule has 4 radical (unpaired) electrons. The molecule has 1 aromatic rings. The van der Waals surface area contributed by atoms with E-state index in [9.17, 15) is 4.79 Å². The van der Waals surface area contributed by atoms with Gasteiger partial charge in [-0.3, -0.25) is 0 Å². The molecule has 0 spiro atoms. The zero-order chi connectivity index (χ0) is 13.5. The maximum atomic E-state index is 11.9. The Kier molecular flexibility index (Phi) is 3.17. The maximum Gasteiger partial charge on any atom is 0.410 e. The van der Waals surface area contributed by atoms with E-state index < -0.39 is 5.60 Å². The van der Waals surface area contributed by atoms with Gasteiger partial charge in [0.05, 0.1) is 6.54 Å². The first-order valence-electron chi connectivity index (χ1n) is 5.87. The normalized spacial score (nSPS) is 15.4. The quantitative estimate of drug-likeness (QED) is 0.598. The number of hydrogen-bond donors (Lipinski definition) is 0. The molecule has 1 aliphatic rings. The van der Waals surface area contributed by atoms with Crippen molar-refractivity contribution in [1.29, 1.82) is 0 Å². The summed E-state index contributed by atoms with van der Waals surface area (Å²) < 4.78 is 6.62. The largest absolute Gasteiger partial charge is 0.444 e. The van der Waals surface area contributed by atoms with Gasteiger partial charge in [0.1, 0.15) is 13.4 Å². The molecule has 0 aromatic carbocycles. The molecule has 7 heteroatoms. The van der Waals surface area contributed by atoms with Crippen molar-refractivity contribution in [2.75, 3.05) is 6.54 Å².